The van der Waals surface area contributed by atoms with Gasteiger partial charge >= 0.3 is 6.18 Å². The lowest BCUT2D eigenvalue weighted by molar-refractivity contribution is -0.137. The Morgan fingerprint density at radius 1 is 1.10 bits per heavy atom. The van der Waals surface area contributed by atoms with Crippen LogP contribution in [0.4, 0.5) is 13.2 Å². The van der Waals surface area contributed by atoms with Crippen molar-refractivity contribution >= 4 is 16.8 Å². The molecule has 2 aromatic carbocycles. The van der Waals surface area contributed by atoms with Gasteiger partial charge in [-0.3, -0.25) is 4.79 Å². The zero-order valence-corrected chi connectivity index (χ0v) is 17.6. The highest BCUT2D eigenvalue weighted by Crippen LogP contribution is 2.45. The average molecular weight is 448 g/mol. The fraction of sp³-hybridized carbons (Fsp3) is 0.292. The number of nitrogens with zero attached hydrogens (tertiary/aromatic N) is 1. The summed E-state index contributed by atoms with van der Waals surface area (Å²) in [5, 5.41) is -0.697. The van der Waals surface area contributed by atoms with Crippen molar-refractivity contribution in [3.8, 4) is 11.3 Å². The highest BCUT2D eigenvalue weighted by molar-refractivity contribution is 6.68. The number of alkyl halides is 3. The molecule has 0 atom stereocenters. The summed E-state index contributed by atoms with van der Waals surface area (Å²) in [5.41, 5.74) is 0.790. The maximum atomic E-state index is 13.7. The van der Waals surface area contributed by atoms with Gasteiger partial charge in [0.2, 0.25) is 0 Å². The van der Waals surface area contributed by atoms with E-state index in [0.717, 1.165) is 24.5 Å². The minimum Gasteiger partial charge on any atom is -0.368 e. The lowest BCUT2D eigenvalue weighted by atomic mass is 10.00. The molecule has 1 heterocycles. The van der Waals surface area contributed by atoms with Crippen molar-refractivity contribution in [3.63, 3.8) is 0 Å². The monoisotopic (exact) mass is 447 g/mol. The first-order chi connectivity index (χ1) is 14.7. The van der Waals surface area contributed by atoms with Crippen LogP contribution in [0.25, 0.3) is 11.3 Å². The molecule has 4 rings (SSSR count). The second-order valence-corrected chi connectivity index (χ2v) is 8.26. The standard InChI is InChI=1S/C24H21ClF3NO2/c1-16-19(22(25)30)13-29(21(16)18-9-5-6-10-20(18)24(26,27)28)15-23(11-12-23)31-14-17-7-3-2-4-8-17/h2-10,13H,11-12,14-15H2,1H3. The molecule has 0 spiro atoms. The van der Waals surface area contributed by atoms with Crippen molar-refractivity contribution in [3.05, 3.63) is 83.0 Å². The van der Waals surface area contributed by atoms with E-state index in [2.05, 4.69) is 0 Å². The summed E-state index contributed by atoms with van der Waals surface area (Å²) in [7, 11) is 0. The van der Waals surface area contributed by atoms with Crippen molar-refractivity contribution in [2.45, 2.75) is 44.7 Å². The van der Waals surface area contributed by atoms with Crippen LogP contribution in [-0.2, 0) is 24.1 Å². The quantitative estimate of drug-likeness (QED) is 0.381. The van der Waals surface area contributed by atoms with Crippen LogP contribution in [0.1, 0.15) is 39.9 Å². The number of hydrogen-bond donors (Lipinski definition) is 0. The summed E-state index contributed by atoms with van der Waals surface area (Å²) in [5.74, 6) is 0. The van der Waals surface area contributed by atoms with Crippen LogP contribution in [0, 0.1) is 6.92 Å². The maximum absolute atomic E-state index is 13.7. The summed E-state index contributed by atoms with van der Waals surface area (Å²) in [4.78, 5) is 11.9. The SMILES string of the molecule is Cc1c(C(=O)Cl)cn(CC2(OCc3ccccc3)CC2)c1-c1ccccc1C(F)(F)F. The van der Waals surface area contributed by atoms with Crippen LogP contribution in [0.15, 0.2) is 60.8 Å². The molecule has 1 aromatic heterocycles. The van der Waals surface area contributed by atoms with Gasteiger partial charge in [0.05, 0.1) is 35.6 Å². The molecule has 0 amide bonds. The Morgan fingerprint density at radius 2 is 1.74 bits per heavy atom. The highest BCUT2D eigenvalue weighted by Gasteiger charge is 2.45. The number of ether oxygens (including phenoxy) is 1. The predicted octanol–water partition coefficient (Wildman–Crippen LogP) is 6.61. The Balaban J connectivity index is 1.71. The van der Waals surface area contributed by atoms with E-state index in [1.807, 2.05) is 30.3 Å². The number of rotatable bonds is 7. The largest absolute Gasteiger partial charge is 0.417 e. The average Bonchev–Trinajstić information content (AvgIpc) is 3.42. The zero-order valence-electron chi connectivity index (χ0n) is 16.9. The molecule has 0 radical (unpaired) electrons. The van der Waals surface area contributed by atoms with E-state index in [1.165, 1.54) is 12.1 Å². The van der Waals surface area contributed by atoms with Crippen LogP contribution in [0.5, 0.6) is 0 Å². The van der Waals surface area contributed by atoms with Gasteiger partial charge in [0, 0.05) is 11.8 Å². The lowest BCUT2D eigenvalue weighted by Crippen LogP contribution is -2.22. The first-order valence-electron chi connectivity index (χ1n) is 9.94. The van der Waals surface area contributed by atoms with Crippen LogP contribution in [0.3, 0.4) is 0 Å². The molecule has 1 fully saturated rings. The van der Waals surface area contributed by atoms with E-state index in [1.54, 1.807) is 23.8 Å². The van der Waals surface area contributed by atoms with E-state index in [-0.39, 0.29) is 11.1 Å². The van der Waals surface area contributed by atoms with Crippen LogP contribution in [0.2, 0.25) is 0 Å². The Bertz CT molecular complexity index is 1100. The lowest BCUT2D eigenvalue weighted by Gasteiger charge is -2.21. The number of halogens is 4. The van der Waals surface area contributed by atoms with Gasteiger partial charge in [0.15, 0.2) is 0 Å². The van der Waals surface area contributed by atoms with Crippen molar-refractivity contribution in [2.24, 2.45) is 0 Å². The molecule has 0 unspecified atom stereocenters. The molecular formula is C24H21ClF3NO2. The summed E-state index contributed by atoms with van der Waals surface area (Å²) >= 11 is 5.73. The molecule has 3 nitrogen and oxygen atoms in total. The van der Waals surface area contributed by atoms with E-state index in [4.69, 9.17) is 16.3 Å². The Labute approximate surface area is 183 Å². The van der Waals surface area contributed by atoms with E-state index >= 15 is 0 Å². The molecule has 1 saturated carbocycles. The number of aromatic nitrogens is 1. The van der Waals surface area contributed by atoms with E-state index < -0.39 is 22.6 Å². The number of carbonyl (C=O) groups is 1. The fourth-order valence-corrected chi connectivity index (χ4v) is 4.08. The summed E-state index contributed by atoms with van der Waals surface area (Å²) < 4.78 is 48.9. The molecule has 162 valence electrons. The number of carbonyl (C=O) groups excluding carboxylic acids is 1. The summed E-state index contributed by atoms with van der Waals surface area (Å²) in [6.45, 7) is 2.38. The first kappa shape index (κ1) is 21.7. The van der Waals surface area contributed by atoms with Gasteiger partial charge in [-0.2, -0.15) is 13.2 Å². The molecule has 0 saturated heterocycles. The van der Waals surface area contributed by atoms with Crippen molar-refractivity contribution in [1.29, 1.82) is 0 Å². The molecule has 1 aliphatic rings. The van der Waals surface area contributed by atoms with Gasteiger partial charge in [-0.25, -0.2) is 0 Å². The number of benzene rings is 2. The first-order valence-corrected chi connectivity index (χ1v) is 10.3. The summed E-state index contributed by atoms with van der Waals surface area (Å²) in [6, 6.07) is 15.1. The topological polar surface area (TPSA) is 31.2 Å². The van der Waals surface area contributed by atoms with Crippen molar-refractivity contribution in [2.75, 3.05) is 0 Å². The smallest absolute Gasteiger partial charge is 0.368 e. The molecule has 0 N–H and O–H groups in total. The predicted molar refractivity (Wildman–Crippen MR) is 113 cm³/mol. The van der Waals surface area contributed by atoms with Crippen molar-refractivity contribution < 1.29 is 22.7 Å². The third-order valence-corrected chi connectivity index (χ3v) is 5.89. The number of hydrogen-bond acceptors (Lipinski definition) is 2. The fourth-order valence-electron chi connectivity index (χ4n) is 3.89. The molecule has 0 bridgehead atoms. The van der Waals surface area contributed by atoms with Gasteiger partial charge in [-0.1, -0.05) is 48.5 Å². The maximum Gasteiger partial charge on any atom is 0.417 e. The molecule has 0 aliphatic heterocycles. The second kappa shape index (κ2) is 8.17. The third kappa shape index (κ3) is 4.55. The Kier molecular flexibility index (Phi) is 5.71. The second-order valence-electron chi connectivity index (χ2n) is 7.92. The minimum absolute atomic E-state index is 0.0236. The van der Waals surface area contributed by atoms with Gasteiger partial charge in [0.25, 0.3) is 5.24 Å². The Hall–Kier alpha value is -2.57. The molecule has 3 aromatic rings. The molecule has 31 heavy (non-hydrogen) atoms. The van der Waals surface area contributed by atoms with Crippen molar-refractivity contribution in [1.82, 2.24) is 4.57 Å². The van der Waals surface area contributed by atoms with Gasteiger partial charge in [-0.15, -0.1) is 0 Å². The Morgan fingerprint density at radius 3 is 2.35 bits per heavy atom. The molecular weight excluding hydrogens is 427 g/mol. The van der Waals surface area contributed by atoms with Crippen LogP contribution in [-0.4, -0.2) is 15.4 Å². The normalized spacial score (nSPS) is 15.1. The molecule has 7 heteroatoms. The van der Waals surface area contributed by atoms with Crippen LogP contribution < -0.4 is 0 Å². The van der Waals surface area contributed by atoms with E-state index in [9.17, 15) is 18.0 Å². The minimum atomic E-state index is -4.52. The van der Waals surface area contributed by atoms with Gasteiger partial charge in [-0.05, 0) is 48.6 Å². The van der Waals surface area contributed by atoms with Gasteiger partial charge < -0.3 is 9.30 Å². The third-order valence-electron chi connectivity index (χ3n) is 5.68. The zero-order chi connectivity index (χ0) is 22.2. The molecule has 1 aliphatic carbocycles. The summed E-state index contributed by atoms with van der Waals surface area (Å²) in [6.07, 6.45) is -1.40. The van der Waals surface area contributed by atoms with E-state index in [0.29, 0.717) is 24.4 Å². The van der Waals surface area contributed by atoms with Crippen LogP contribution >= 0.6 is 11.6 Å². The highest BCUT2D eigenvalue weighted by atomic mass is 35.5. The van der Waals surface area contributed by atoms with Gasteiger partial charge in [0.1, 0.15) is 0 Å².